The molecule has 0 aliphatic carbocycles. The van der Waals surface area contributed by atoms with Crippen molar-refractivity contribution < 1.29 is 9.53 Å². The molecule has 0 aromatic heterocycles. The van der Waals surface area contributed by atoms with Crippen LogP contribution in [-0.4, -0.2) is 19.1 Å². The van der Waals surface area contributed by atoms with E-state index in [-0.39, 0.29) is 17.4 Å². The molecular formula is C21H27NO2. The van der Waals surface area contributed by atoms with E-state index >= 15 is 0 Å². The zero-order valence-corrected chi connectivity index (χ0v) is 15.2. The van der Waals surface area contributed by atoms with E-state index in [1.165, 1.54) is 5.56 Å². The van der Waals surface area contributed by atoms with Crippen molar-refractivity contribution in [1.29, 1.82) is 0 Å². The lowest BCUT2D eigenvalue weighted by atomic mass is 9.79. The zero-order chi connectivity index (χ0) is 17.7. The first-order valence-electron chi connectivity index (χ1n) is 8.34. The predicted molar refractivity (Wildman–Crippen MR) is 98.7 cm³/mol. The Kier molecular flexibility index (Phi) is 5.66. The highest BCUT2D eigenvalue weighted by molar-refractivity contribution is 5.94. The number of carbonyl (C=O) groups excluding carboxylic acids is 1. The first-order chi connectivity index (χ1) is 11.3. The summed E-state index contributed by atoms with van der Waals surface area (Å²) in [7, 11) is 1.63. The second-order valence-electron chi connectivity index (χ2n) is 7.01. The Bertz CT molecular complexity index is 692. The van der Waals surface area contributed by atoms with Crippen molar-refractivity contribution >= 4 is 5.91 Å². The minimum Gasteiger partial charge on any atom is -0.496 e. The lowest BCUT2D eigenvalue weighted by Gasteiger charge is -2.29. The second kappa shape index (κ2) is 7.52. The molecule has 0 radical (unpaired) electrons. The molecule has 24 heavy (non-hydrogen) atoms. The van der Waals surface area contributed by atoms with Crippen molar-refractivity contribution in [3.63, 3.8) is 0 Å². The number of methoxy groups -OCH3 is 1. The Morgan fingerprint density at radius 3 is 2.42 bits per heavy atom. The van der Waals surface area contributed by atoms with Crippen molar-refractivity contribution in [3.05, 3.63) is 65.2 Å². The van der Waals surface area contributed by atoms with Gasteiger partial charge in [0.2, 0.25) is 0 Å². The first kappa shape index (κ1) is 18.1. The largest absolute Gasteiger partial charge is 0.496 e. The highest BCUT2D eigenvalue weighted by Crippen LogP contribution is 2.28. The number of hydrogen-bond donors (Lipinski definition) is 1. The second-order valence-corrected chi connectivity index (χ2v) is 7.01. The van der Waals surface area contributed by atoms with Crippen LogP contribution in [0.25, 0.3) is 0 Å². The van der Waals surface area contributed by atoms with Crippen LogP contribution < -0.4 is 10.1 Å². The van der Waals surface area contributed by atoms with Gasteiger partial charge < -0.3 is 10.1 Å². The van der Waals surface area contributed by atoms with Crippen molar-refractivity contribution in [2.24, 2.45) is 0 Å². The summed E-state index contributed by atoms with van der Waals surface area (Å²) in [5, 5.41) is 3.11. The predicted octanol–water partition coefficient (Wildman–Crippen LogP) is 4.49. The van der Waals surface area contributed by atoms with Crippen molar-refractivity contribution in [1.82, 2.24) is 5.32 Å². The standard InChI is InChI=1S/C21H27NO2/c1-15-13-17(11-12-19(15)24-5)20(23)22-16(2)14-21(3,4)18-9-7-6-8-10-18/h6-13,16H,14H2,1-5H3,(H,22,23)/t16-/m0/s1. The Hall–Kier alpha value is -2.29. The van der Waals surface area contributed by atoms with E-state index in [2.05, 4.69) is 50.4 Å². The van der Waals surface area contributed by atoms with Gasteiger partial charge in [-0.15, -0.1) is 0 Å². The van der Waals surface area contributed by atoms with E-state index in [0.717, 1.165) is 17.7 Å². The molecule has 0 aliphatic rings. The number of benzene rings is 2. The van der Waals surface area contributed by atoms with Gasteiger partial charge >= 0.3 is 0 Å². The summed E-state index contributed by atoms with van der Waals surface area (Å²) in [6, 6.07) is 16.0. The van der Waals surface area contributed by atoms with Crippen LogP contribution >= 0.6 is 0 Å². The SMILES string of the molecule is COc1ccc(C(=O)N[C@@H](C)CC(C)(C)c2ccccc2)cc1C. The van der Waals surface area contributed by atoms with Gasteiger partial charge in [-0.25, -0.2) is 0 Å². The van der Waals surface area contributed by atoms with Gasteiger partial charge in [-0.05, 0) is 55.0 Å². The third kappa shape index (κ3) is 4.38. The summed E-state index contributed by atoms with van der Waals surface area (Å²) in [6.45, 7) is 8.42. The number of amides is 1. The zero-order valence-electron chi connectivity index (χ0n) is 15.2. The maximum absolute atomic E-state index is 12.5. The molecule has 0 fully saturated rings. The number of ether oxygens (including phenoxy) is 1. The molecule has 0 aliphatic heterocycles. The molecule has 0 saturated heterocycles. The van der Waals surface area contributed by atoms with Gasteiger partial charge in [0, 0.05) is 11.6 Å². The third-order valence-corrected chi connectivity index (χ3v) is 4.41. The Labute approximate surface area is 145 Å². The van der Waals surface area contributed by atoms with Gasteiger partial charge in [-0.1, -0.05) is 44.2 Å². The molecule has 1 amide bonds. The number of hydrogen-bond acceptors (Lipinski definition) is 2. The summed E-state index contributed by atoms with van der Waals surface area (Å²) in [5.74, 6) is 0.752. The van der Waals surface area contributed by atoms with Gasteiger partial charge in [0.05, 0.1) is 7.11 Å². The molecule has 0 bridgehead atoms. The van der Waals surface area contributed by atoms with Crippen LogP contribution in [0.1, 0.15) is 48.7 Å². The molecule has 0 unspecified atom stereocenters. The molecule has 0 heterocycles. The molecule has 2 aromatic carbocycles. The van der Waals surface area contributed by atoms with Crippen molar-refractivity contribution in [3.8, 4) is 5.75 Å². The lowest BCUT2D eigenvalue weighted by molar-refractivity contribution is 0.0934. The van der Waals surface area contributed by atoms with Gasteiger partial charge in [0.25, 0.3) is 5.91 Å². The minimum atomic E-state index is -0.0443. The average molecular weight is 325 g/mol. The quantitative estimate of drug-likeness (QED) is 0.850. The average Bonchev–Trinajstić information content (AvgIpc) is 2.55. The highest BCUT2D eigenvalue weighted by Gasteiger charge is 2.24. The maximum Gasteiger partial charge on any atom is 0.251 e. The fourth-order valence-electron chi connectivity index (χ4n) is 3.15. The summed E-state index contributed by atoms with van der Waals surface area (Å²) in [6.07, 6.45) is 0.873. The van der Waals surface area contributed by atoms with Crippen LogP contribution in [0, 0.1) is 6.92 Å². The Balaban J connectivity index is 2.02. The lowest BCUT2D eigenvalue weighted by Crippen LogP contribution is -2.37. The molecule has 3 heteroatoms. The summed E-state index contributed by atoms with van der Waals surface area (Å²) in [5.41, 5.74) is 2.91. The number of rotatable bonds is 6. The first-order valence-corrected chi connectivity index (χ1v) is 8.34. The van der Waals surface area contributed by atoms with E-state index in [9.17, 15) is 4.79 Å². The fourth-order valence-corrected chi connectivity index (χ4v) is 3.15. The molecule has 128 valence electrons. The van der Waals surface area contributed by atoms with Crippen LogP contribution in [-0.2, 0) is 5.41 Å². The van der Waals surface area contributed by atoms with Gasteiger partial charge in [-0.2, -0.15) is 0 Å². The normalized spacial score (nSPS) is 12.5. The Morgan fingerprint density at radius 1 is 1.17 bits per heavy atom. The van der Waals surface area contributed by atoms with Gasteiger partial charge in [-0.3, -0.25) is 4.79 Å². The summed E-state index contributed by atoms with van der Waals surface area (Å²) < 4.78 is 5.24. The van der Waals surface area contributed by atoms with Crippen LogP contribution in [0.4, 0.5) is 0 Å². The molecule has 0 saturated carbocycles. The molecular weight excluding hydrogens is 298 g/mol. The minimum absolute atomic E-state index is 0.00375. The summed E-state index contributed by atoms with van der Waals surface area (Å²) >= 11 is 0. The maximum atomic E-state index is 12.5. The molecule has 2 rings (SSSR count). The molecule has 0 spiro atoms. The summed E-state index contributed by atoms with van der Waals surface area (Å²) in [4.78, 5) is 12.5. The van der Waals surface area contributed by atoms with Gasteiger partial charge in [0.15, 0.2) is 0 Å². The molecule has 3 nitrogen and oxygen atoms in total. The van der Waals surface area contributed by atoms with Crippen LogP contribution in [0.2, 0.25) is 0 Å². The number of nitrogens with one attached hydrogen (secondary N) is 1. The van der Waals surface area contributed by atoms with E-state index in [1.54, 1.807) is 13.2 Å². The highest BCUT2D eigenvalue weighted by atomic mass is 16.5. The molecule has 1 atom stereocenters. The number of carbonyl (C=O) groups is 1. The Morgan fingerprint density at radius 2 is 1.83 bits per heavy atom. The third-order valence-electron chi connectivity index (χ3n) is 4.41. The van der Waals surface area contributed by atoms with Crippen LogP contribution in [0.5, 0.6) is 5.75 Å². The van der Waals surface area contributed by atoms with Crippen LogP contribution in [0.15, 0.2) is 48.5 Å². The van der Waals surface area contributed by atoms with E-state index in [1.807, 2.05) is 25.1 Å². The van der Waals surface area contributed by atoms with Crippen LogP contribution in [0.3, 0.4) is 0 Å². The van der Waals surface area contributed by atoms with E-state index in [4.69, 9.17) is 4.74 Å². The number of aryl methyl sites for hydroxylation is 1. The smallest absolute Gasteiger partial charge is 0.251 e. The topological polar surface area (TPSA) is 38.3 Å². The van der Waals surface area contributed by atoms with E-state index < -0.39 is 0 Å². The van der Waals surface area contributed by atoms with Crippen molar-refractivity contribution in [2.45, 2.75) is 45.6 Å². The molecule has 2 aromatic rings. The fraction of sp³-hybridized carbons (Fsp3) is 0.381. The van der Waals surface area contributed by atoms with Crippen molar-refractivity contribution in [2.75, 3.05) is 7.11 Å². The van der Waals surface area contributed by atoms with E-state index in [0.29, 0.717) is 5.56 Å². The monoisotopic (exact) mass is 325 g/mol. The van der Waals surface area contributed by atoms with Gasteiger partial charge in [0.1, 0.15) is 5.75 Å². The molecule has 1 N–H and O–H groups in total.